The Morgan fingerprint density at radius 2 is 1.83 bits per heavy atom. The molecule has 1 aliphatic rings. The maximum Gasteiger partial charge on any atom is 0.410 e. The molecule has 2 N–H and O–H groups in total. The van der Waals surface area contributed by atoms with Crippen molar-refractivity contribution in [1.29, 1.82) is 0 Å². The number of benzene rings is 1. The van der Waals surface area contributed by atoms with Gasteiger partial charge in [-0.15, -0.1) is 0 Å². The quantitative estimate of drug-likeness (QED) is 0.588. The van der Waals surface area contributed by atoms with Gasteiger partial charge in [-0.25, -0.2) is 14.6 Å². The number of amides is 1. The largest absolute Gasteiger partial charge is 0.461 e. The minimum Gasteiger partial charge on any atom is -0.461 e. The molecule has 0 atom stereocenters. The van der Waals surface area contributed by atoms with Crippen LogP contribution >= 0.6 is 0 Å². The summed E-state index contributed by atoms with van der Waals surface area (Å²) in [5.74, 6) is 0.330. The Morgan fingerprint density at radius 3 is 2.40 bits per heavy atom. The van der Waals surface area contributed by atoms with Gasteiger partial charge in [-0.3, -0.25) is 0 Å². The molecule has 0 unspecified atom stereocenters. The summed E-state index contributed by atoms with van der Waals surface area (Å²) in [6.07, 6.45) is 1.02. The number of carbonyl (C=O) groups excluding carboxylic acids is 2. The summed E-state index contributed by atoms with van der Waals surface area (Å²) in [7, 11) is 0. The smallest absolute Gasteiger partial charge is 0.410 e. The Kier molecular flexibility index (Phi) is 6.34. The second-order valence-corrected chi connectivity index (χ2v) is 8.31. The number of piperidine rings is 1. The molecule has 0 aliphatic carbocycles. The number of nitrogens with two attached hydrogens (primary N) is 1. The molecular formula is C22H29N3O5. The van der Waals surface area contributed by atoms with Crippen molar-refractivity contribution in [2.45, 2.75) is 52.1 Å². The summed E-state index contributed by atoms with van der Waals surface area (Å²) < 4.78 is 16.6. The van der Waals surface area contributed by atoms with E-state index in [9.17, 15) is 9.59 Å². The van der Waals surface area contributed by atoms with Crippen LogP contribution in [0.5, 0.6) is 0 Å². The van der Waals surface area contributed by atoms with E-state index in [0.29, 0.717) is 48.8 Å². The van der Waals surface area contributed by atoms with Crippen LogP contribution in [-0.2, 0) is 9.47 Å². The molecule has 1 aliphatic heterocycles. The molecule has 0 spiro atoms. The molecule has 0 radical (unpaired) electrons. The van der Waals surface area contributed by atoms with Gasteiger partial charge in [-0.05, 0) is 64.8 Å². The van der Waals surface area contributed by atoms with Crippen molar-refractivity contribution in [3.8, 4) is 11.3 Å². The molecule has 162 valence electrons. The molecule has 8 heteroatoms. The summed E-state index contributed by atoms with van der Waals surface area (Å²) in [6.45, 7) is 8.60. The first-order chi connectivity index (χ1) is 14.2. The number of likely N-dealkylation sites (tertiary alicyclic amines) is 1. The topological polar surface area (TPSA) is 108 Å². The highest BCUT2D eigenvalue weighted by Crippen LogP contribution is 2.34. The third-order valence-electron chi connectivity index (χ3n) is 4.78. The zero-order chi connectivity index (χ0) is 21.9. The number of carbonyl (C=O) groups is 2. The van der Waals surface area contributed by atoms with E-state index in [4.69, 9.17) is 19.6 Å². The normalized spacial score (nSPS) is 15.1. The summed E-state index contributed by atoms with van der Waals surface area (Å²) in [4.78, 5) is 30.9. The van der Waals surface area contributed by atoms with Gasteiger partial charge in [0, 0.05) is 30.3 Å². The van der Waals surface area contributed by atoms with Gasteiger partial charge in [0.25, 0.3) is 0 Å². The van der Waals surface area contributed by atoms with E-state index < -0.39 is 11.6 Å². The molecule has 2 aromatic rings. The summed E-state index contributed by atoms with van der Waals surface area (Å²) in [5.41, 5.74) is 6.72. The average molecular weight is 415 g/mol. The van der Waals surface area contributed by atoms with Crippen LogP contribution in [0.3, 0.4) is 0 Å². The molecule has 1 aromatic heterocycles. The second kappa shape index (κ2) is 8.77. The van der Waals surface area contributed by atoms with Crippen molar-refractivity contribution in [2.75, 3.05) is 25.4 Å². The van der Waals surface area contributed by atoms with Gasteiger partial charge >= 0.3 is 12.1 Å². The van der Waals surface area contributed by atoms with E-state index in [0.717, 1.165) is 0 Å². The summed E-state index contributed by atoms with van der Waals surface area (Å²) in [6, 6.07) is 7.05. The first-order valence-electron chi connectivity index (χ1n) is 10.2. The second-order valence-electron chi connectivity index (χ2n) is 8.31. The van der Waals surface area contributed by atoms with E-state index in [1.807, 2.05) is 20.8 Å². The Hall–Kier alpha value is -3.03. The monoisotopic (exact) mass is 415 g/mol. The van der Waals surface area contributed by atoms with E-state index in [2.05, 4.69) is 4.98 Å². The van der Waals surface area contributed by atoms with Gasteiger partial charge in [0.2, 0.25) is 0 Å². The Balaban J connectivity index is 1.78. The highest BCUT2D eigenvalue weighted by molar-refractivity contribution is 5.93. The lowest BCUT2D eigenvalue weighted by molar-refractivity contribution is 0.0199. The van der Waals surface area contributed by atoms with Crippen LogP contribution in [0.15, 0.2) is 28.7 Å². The van der Waals surface area contributed by atoms with Crippen molar-refractivity contribution < 1.29 is 23.5 Å². The van der Waals surface area contributed by atoms with Crippen LogP contribution in [-0.4, -0.2) is 47.2 Å². The molecule has 0 saturated carbocycles. The molecule has 1 fully saturated rings. The lowest BCUT2D eigenvalue weighted by Gasteiger charge is -2.32. The molecule has 1 amide bonds. The van der Waals surface area contributed by atoms with Crippen molar-refractivity contribution in [3.05, 3.63) is 35.9 Å². The van der Waals surface area contributed by atoms with Crippen molar-refractivity contribution in [1.82, 2.24) is 9.88 Å². The highest BCUT2D eigenvalue weighted by atomic mass is 16.6. The fraction of sp³-hybridized carbons (Fsp3) is 0.500. The molecule has 2 heterocycles. The Bertz CT molecular complexity index is 890. The summed E-state index contributed by atoms with van der Waals surface area (Å²) >= 11 is 0. The highest BCUT2D eigenvalue weighted by Gasteiger charge is 2.32. The minimum absolute atomic E-state index is 0.000560. The maximum absolute atomic E-state index is 12.4. The van der Waals surface area contributed by atoms with Gasteiger partial charge in [0.1, 0.15) is 5.60 Å². The fourth-order valence-electron chi connectivity index (χ4n) is 3.31. The fourth-order valence-corrected chi connectivity index (χ4v) is 3.31. The van der Waals surface area contributed by atoms with Gasteiger partial charge in [-0.2, -0.15) is 0 Å². The molecule has 30 heavy (non-hydrogen) atoms. The number of anilines is 1. The number of nitrogen functional groups attached to an aromatic ring is 1. The number of oxazole rings is 1. The number of nitrogens with zero attached hydrogens (tertiary/aromatic N) is 2. The lowest BCUT2D eigenvalue weighted by atomic mass is 9.97. The molecule has 8 nitrogen and oxygen atoms in total. The van der Waals surface area contributed by atoms with Crippen LogP contribution in [0, 0.1) is 0 Å². The van der Waals surface area contributed by atoms with Crippen molar-refractivity contribution >= 4 is 17.7 Å². The van der Waals surface area contributed by atoms with E-state index in [-0.39, 0.29) is 24.3 Å². The molecule has 0 bridgehead atoms. The van der Waals surface area contributed by atoms with Crippen LogP contribution in [0.4, 0.5) is 10.5 Å². The number of aromatic nitrogens is 1. The number of hydrogen-bond acceptors (Lipinski definition) is 7. The van der Waals surface area contributed by atoms with Crippen LogP contribution in [0.25, 0.3) is 11.3 Å². The van der Waals surface area contributed by atoms with Gasteiger partial charge < -0.3 is 24.5 Å². The maximum atomic E-state index is 12.4. The molecular weight excluding hydrogens is 386 g/mol. The average Bonchev–Trinajstić information content (AvgIpc) is 3.13. The Labute approximate surface area is 176 Å². The van der Waals surface area contributed by atoms with E-state index >= 15 is 0 Å². The van der Waals surface area contributed by atoms with Crippen LogP contribution < -0.4 is 5.73 Å². The zero-order valence-corrected chi connectivity index (χ0v) is 17.9. The van der Waals surface area contributed by atoms with Crippen molar-refractivity contribution in [2.24, 2.45) is 0 Å². The number of ether oxygens (including phenoxy) is 2. The van der Waals surface area contributed by atoms with Gasteiger partial charge in [0.15, 0.2) is 17.3 Å². The third-order valence-corrected chi connectivity index (χ3v) is 4.78. The number of hydrogen-bond donors (Lipinski definition) is 1. The van der Waals surface area contributed by atoms with Crippen molar-refractivity contribution in [3.63, 3.8) is 0 Å². The predicted molar refractivity (Wildman–Crippen MR) is 112 cm³/mol. The molecule has 3 rings (SSSR count). The first-order valence-corrected chi connectivity index (χ1v) is 10.2. The lowest BCUT2D eigenvalue weighted by Crippen LogP contribution is -2.41. The first kappa shape index (κ1) is 21.7. The minimum atomic E-state index is -0.529. The molecule has 1 aromatic carbocycles. The van der Waals surface area contributed by atoms with Crippen LogP contribution in [0.2, 0.25) is 0 Å². The van der Waals surface area contributed by atoms with Crippen LogP contribution in [0.1, 0.15) is 62.8 Å². The number of rotatable bonds is 4. The Morgan fingerprint density at radius 1 is 1.20 bits per heavy atom. The predicted octanol–water partition coefficient (Wildman–Crippen LogP) is 4.22. The zero-order valence-electron chi connectivity index (χ0n) is 17.9. The number of esters is 1. The third kappa shape index (κ3) is 5.11. The SMILES string of the molecule is CCOC(=O)c1nc(C2CCN(C(=O)OC(C)(C)C)CC2)oc1-c1ccc(N)cc1. The van der Waals surface area contributed by atoms with E-state index in [1.54, 1.807) is 36.1 Å². The summed E-state index contributed by atoms with van der Waals surface area (Å²) in [5, 5.41) is 0. The standard InChI is InChI=1S/C22H29N3O5/c1-5-28-20(26)17-18(14-6-8-16(23)9-7-14)29-19(24-17)15-10-12-25(13-11-15)21(27)30-22(2,3)4/h6-9,15H,5,10-13,23H2,1-4H3. The van der Waals surface area contributed by atoms with Gasteiger partial charge in [0.05, 0.1) is 6.61 Å². The van der Waals surface area contributed by atoms with Gasteiger partial charge in [-0.1, -0.05) is 0 Å². The molecule has 1 saturated heterocycles. The van der Waals surface area contributed by atoms with E-state index in [1.165, 1.54) is 0 Å².